The zero-order chi connectivity index (χ0) is 10.1. The van der Waals surface area contributed by atoms with Crippen LogP contribution in [-0.2, 0) is 9.59 Å². The van der Waals surface area contributed by atoms with E-state index in [1.54, 1.807) is 0 Å². The van der Waals surface area contributed by atoms with Crippen LogP contribution in [0.5, 0.6) is 0 Å². The maximum absolute atomic E-state index is 11.2. The van der Waals surface area contributed by atoms with Crippen molar-refractivity contribution < 1.29 is 9.59 Å². The summed E-state index contributed by atoms with van der Waals surface area (Å²) in [6.45, 7) is 4.05. The quantitative estimate of drug-likeness (QED) is 0.581. The van der Waals surface area contributed by atoms with Crippen molar-refractivity contribution in [1.82, 2.24) is 0 Å². The summed E-state index contributed by atoms with van der Waals surface area (Å²) >= 11 is 0. The molecule has 0 aliphatic carbocycles. The molecule has 0 aromatic rings. The van der Waals surface area contributed by atoms with E-state index in [4.69, 9.17) is 0 Å². The molecule has 0 amide bonds. The molecular formula is C11H20O2. The highest BCUT2D eigenvalue weighted by molar-refractivity contribution is 5.85. The second kappa shape index (κ2) is 7.96. The lowest BCUT2D eigenvalue weighted by atomic mass is 10.1. The van der Waals surface area contributed by atoms with Crippen LogP contribution in [-0.4, -0.2) is 11.6 Å². The number of hydrogen-bond donors (Lipinski definition) is 0. The molecule has 0 aliphatic heterocycles. The monoisotopic (exact) mass is 184 g/mol. The third kappa shape index (κ3) is 7.69. The van der Waals surface area contributed by atoms with Gasteiger partial charge in [-0.2, -0.15) is 0 Å². The highest BCUT2D eigenvalue weighted by atomic mass is 16.1. The third-order valence-corrected chi connectivity index (χ3v) is 2.02. The SMILES string of the molecule is CCCCC(=O)CCC(=O)CCC. The molecule has 0 unspecified atom stereocenters. The van der Waals surface area contributed by atoms with Gasteiger partial charge in [0.05, 0.1) is 0 Å². The maximum atomic E-state index is 11.2. The molecule has 0 aromatic carbocycles. The molecule has 0 saturated heterocycles. The van der Waals surface area contributed by atoms with Crippen molar-refractivity contribution in [1.29, 1.82) is 0 Å². The fraction of sp³-hybridized carbons (Fsp3) is 0.818. The Bertz CT molecular complexity index is 161. The summed E-state index contributed by atoms with van der Waals surface area (Å²) in [5.74, 6) is 0.471. The van der Waals surface area contributed by atoms with Crippen LogP contribution in [0.3, 0.4) is 0 Å². The molecule has 0 atom stereocenters. The molecule has 0 aliphatic rings. The van der Waals surface area contributed by atoms with Crippen LogP contribution in [0.25, 0.3) is 0 Å². The molecule has 2 heteroatoms. The first-order valence-electron chi connectivity index (χ1n) is 5.24. The third-order valence-electron chi connectivity index (χ3n) is 2.02. The number of carbonyl (C=O) groups excluding carboxylic acids is 2. The summed E-state index contributed by atoms with van der Waals surface area (Å²) in [5, 5.41) is 0. The van der Waals surface area contributed by atoms with Crippen molar-refractivity contribution in [2.45, 2.75) is 58.8 Å². The highest BCUT2D eigenvalue weighted by Gasteiger charge is 2.05. The van der Waals surface area contributed by atoms with Gasteiger partial charge in [0.2, 0.25) is 0 Å². The molecule has 0 rings (SSSR count). The Kier molecular flexibility index (Phi) is 7.56. The second-order valence-corrected chi connectivity index (χ2v) is 3.43. The van der Waals surface area contributed by atoms with Gasteiger partial charge in [0.15, 0.2) is 0 Å². The highest BCUT2D eigenvalue weighted by Crippen LogP contribution is 2.03. The zero-order valence-electron chi connectivity index (χ0n) is 8.77. The molecule has 0 spiro atoms. The van der Waals surface area contributed by atoms with Crippen LogP contribution < -0.4 is 0 Å². The Labute approximate surface area is 80.7 Å². The van der Waals surface area contributed by atoms with E-state index in [1.165, 1.54) is 0 Å². The summed E-state index contributed by atoms with van der Waals surface area (Å²) in [6, 6.07) is 0. The Morgan fingerprint density at radius 1 is 0.769 bits per heavy atom. The molecule has 0 heterocycles. The molecule has 2 nitrogen and oxygen atoms in total. The van der Waals surface area contributed by atoms with E-state index in [9.17, 15) is 9.59 Å². The second-order valence-electron chi connectivity index (χ2n) is 3.43. The predicted octanol–water partition coefficient (Wildman–Crippen LogP) is 2.90. The Morgan fingerprint density at radius 3 is 1.77 bits per heavy atom. The predicted molar refractivity (Wildman–Crippen MR) is 53.7 cm³/mol. The first-order valence-corrected chi connectivity index (χ1v) is 5.24. The Morgan fingerprint density at radius 2 is 1.31 bits per heavy atom. The molecule has 0 fully saturated rings. The number of unbranched alkanes of at least 4 members (excludes halogenated alkanes) is 1. The average molecular weight is 184 g/mol. The Balaban J connectivity index is 3.40. The fourth-order valence-corrected chi connectivity index (χ4v) is 1.18. The van der Waals surface area contributed by atoms with Gasteiger partial charge in [0, 0.05) is 25.7 Å². The minimum atomic E-state index is 0.229. The Hall–Kier alpha value is -0.660. The number of rotatable bonds is 8. The largest absolute Gasteiger partial charge is 0.300 e. The van der Waals surface area contributed by atoms with Gasteiger partial charge in [-0.3, -0.25) is 9.59 Å². The number of ketones is 2. The van der Waals surface area contributed by atoms with E-state index in [2.05, 4.69) is 6.92 Å². The smallest absolute Gasteiger partial charge is 0.133 e. The summed E-state index contributed by atoms with van der Waals surface area (Å²) in [4.78, 5) is 22.2. The van der Waals surface area contributed by atoms with Gasteiger partial charge < -0.3 is 0 Å². The standard InChI is InChI=1S/C11H20O2/c1-3-5-7-11(13)9-8-10(12)6-4-2/h3-9H2,1-2H3. The maximum Gasteiger partial charge on any atom is 0.133 e. The van der Waals surface area contributed by atoms with Crippen LogP contribution in [0.1, 0.15) is 58.8 Å². The van der Waals surface area contributed by atoms with Crippen LogP contribution >= 0.6 is 0 Å². The lowest BCUT2D eigenvalue weighted by molar-refractivity contribution is -0.124. The lowest BCUT2D eigenvalue weighted by Gasteiger charge is -1.98. The average Bonchev–Trinajstić information content (AvgIpc) is 2.12. The van der Waals surface area contributed by atoms with Crippen molar-refractivity contribution in [3.8, 4) is 0 Å². The van der Waals surface area contributed by atoms with Gasteiger partial charge in [-0.15, -0.1) is 0 Å². The van der Waals surface area contributed by atoms with E-state index in [1.807, 2.05) is 6.92 Å². The first kappa shape index (κ1) is 12.3. The van der Waals surface area contributed by atoms with Gasteiger partial charge in [-0.05, 0) is 12.8 Å². The van der Waals surface area contributed by atoms with Crippen LogP contribution in [0.15, 0.2) is 0 Å². The summed E-state index contributed by atoms with van der Waals surface area (Å²) < 4.78 is 0. The fourth-order valence-electron chi connectivity index (χ4n) is 1.18. The molecule has 76 valence electrons. The minimum Gasteiger partial charge on any atom is -0.300 e. The summed E-state index contributed by atoms with van der Waals surface area (Å²) in [7, 11) is 0. The number of carbonyl (C=O) groups is 2. The molecule has 0 saturated carbocycles. The van der Waals surface area contributed by atoms with Gasteiger partial charge >= 0.3 is 0 Å². The van der Waals surface area contributed by atoms with Crippen molar-refractivity contribution >= 4 is 11.6 Å². The normalized spacial score (nSPS) is 10.0. The zero-order valence-corrected chi connectivity index (χ0v) is 8.77. The molecule has 0 radical (unpaired) electrons. The van der Waals surface area contributed by atoms with Crippen molar-refractivity contribution in [3.05, 3.63) is 0 Å². The van der Waals surface area contributed by atoms with E-state index >= 15 is 0 Å². The topological polar surface area (TPSA) is 34.1 Å². The van der Waals surface area contributed by atoms with Crippen molar-refractivity contribution in [2.75, 3.05) is 0 Å². The van der Waals surface area contributed by atoms with Gasteiger partial charge in [-0.25, -0.2) is 0 Å². The van der Waals surface area contributed by atoms with Crippen LogP contribution in [0.4, 0.5) is 0 Å². The molecular weight excluding hydrogens is 164 g/mol. The van der Waals surface area contributed by atoms with E-state index in [-0.39, 0.29) is 11.6 Å². The van der Waals surface area contributed by atoms with Crippen molar-refractivity contribution in [2.24, 2.45) is 0 Å². The molecule has 13 heavy (non-hydrogen) atoms. The lowest BCUT2D eigenvalue weighted by Crippen LogP contribution is -2.03. The van der Waals surface area contributed by atoms with E-state index < -0.39 is 0 Å². The molecule has 0 bridgehead atoms. The summed E-state index contributed by atoms with van der Waals surface area (Å²) in [5.41, 5.74) is 0. The van der Waals surface area contributed by atoms with Crippen LogP contribution in [0, 0.1) is 0 Å². The summed E-state index contributed by atoms with van der Waals surface area (Å²) in [6.07, 6.45) is 5.09. The van der Waals surface area contributed by atoms with E-state index in [0.29, 0.717) is 25.7 Å². The van der Waals surface area contributed by atoms with Crippen LogP contribution in [0.2, 0.25) is 0 Å². The van der Waals surface area contributed by atoms with Crippen molar-refractivity contribution in [3.63, 3.8) is 0 Å². The van der Waals surface area contributed by atoms with Gasteiger partial charge in [0.1, 0.15) is 11.6 Å². The molecule has 0 N–H and O–H groups in total. The molecule has 0 aromatic heterocycles. The van der Waals surface area contributed by atoms with E-state index in [0.717, 1.165) is 19.3 Å². The number of hydrogen-bond acceptors (Lipinski definition) is 2. The first-order chi connectivity index (χ1) is 6.20. The number of Topliss-reactive ketones (excluding diaryl/α,β-unsaturated/α-hetero) is 2. The minimum absolute atomic E-state index is 0.229. The van der Waals surface area contributed by atoms with Gasteiger partial charge in [-0.1, -0.05) is 20.3 Å². The van der Waals surface area contributed by atoms with Gasteiger partial charge in [0.25, 0.3) is 0 Å².